The molecule has 206 valence electrons. The molecular weight excluding hydrogens is 529 g/mol. The molecule has 1 amide bonds. The minimum absolute atomic E-state index is 0.0130. The van der Waals surface area contributed by atoms with Crippen molar-refractivity contribution >= 4 is 36.9 Å². The molecule has 0 radical (unpaired) electrons. The van der Waals surface area contributed by atoms with Gasteiger partial charge >= 0.3 is 19.2 Å². The Bertz CT molecular complexity index is 1440. The predicted molar refractivity (Wildman–Crippen MR) is 156 cm³/mol. The fourth-order valence-corrected chi connectivity index (χ4v) is 5.25. The van der Waals surface area contributed by atoms with Gasteiger partial charge in [-0.25, -0.2) is 9.59 Å². The Hall–Kier alpha value is -3.59. The molecule has 1 fully saturated rings. The number of benzene rings is 3. The molecule has 0 spiro atoms. The predicted octanol–water partition coefficient (Wildman–Crippen LogP) is 6.59. The zero-order chi connectivity index (χ0) is 28.7. The number of carboxylic acid groups (broad SMARTS) is 1. The summed E-state index contributed by atoms with van der Waals surface area (Å²) < 4.78 is 18.1. The van der Waals surface area contributed by atoms with Crippen molar-refractivity contribution in [1.82, 2.24) is 5.32 Å². The Morgan fingerprint density at radius 3 is 2.12 bits per heavy atom. The summed E-state index contributed by atoms with van der Waals surface area (Å²) in [6, 6.07) is 20.8. The molecule has 2 aliphatic rings. The van der Waals surface area contributed by atoms with Crippen molar-refractivity contribution in [3.63, 3.8) is 0 Å². The van der Waals surface area contributed by atoms with Gasteiger partial charge in [0.25, 0.3) is 0 Å². The highest BCUT2D eigenvalue weighted by Gasteiger charge is 2.52. The lowest BCUT2D eigenvalue weighted by Crippen LogP contribution is -2.41. The Balaban J connectivity index is 1.35. The van der Waals surface area contributed by atoms with Gasteiger partial charge in [0.2, 0.25) is 0 Å². The van der Waals surface area contributed by atoms with E-state index in [9.17, 15) is 14.7 Å². The van der Waals surface area contributed by atoms with Crippen LogP contribution in [0.25, 0.3) is 17.2 Å². The van der Waals surface area contributed by atoms with E-state index in [0.717, 1.165) is 22.3 Å². The topological polar surface area (TPSA) is 94.1 Å². The van der Waals surface area contributed by atoms with E-state index >= 15 is 0 Å². The number of halogens is 1. The molecule has 0 aromatic heterocycles. The minimum atomic E-state index is -1.10. The van der Waals surface area contributed by atoms with Crippen molar-refractivity contribution in [2.75, 3.05) is 13.2 Å². The summed E-state index contributed by atoms with van der Waals surface area (Å²) in [5, 5.41) is 12.9. The molecule has 0 saturated carbocycles. The van der Waals surface area contributed by atoms with Crippen molar-refractivity contribution in [3.05, 3.63) is 99.5 Å². The molecule has 1 aliphatic carbocycles. The summed E-state index contributed by atoms with van der Waals surface area (Å²) in [7, 11) is -0.820. The summed E-state index contributed by atoms with van der Waals surface area (Å²) in [6.45, 7) is 7.88. The minimum Gasteiger partial charge on any atom is -0.478 e. The quantitative estimate of drug-likeness (QED) is 0.317. The van der Waals surface area contributed by atoms with E-state index < -0.39 is 30.4 Å². The SMILES string of the molecule is CC1(C)OB(C(=Cc2cc(Cl)ccc2C(=O)O)CNC(=O)OCC2c3ccccc3-c3ccccc32)OC1(C)C. The van der Waals surface area contributed by atoms with E-state index in [1.807, 2.05) is 52.0 Å². The molecule has 5 rings (SSSR count). The molecule has 40 heavy (non-hydrogen) atoms. The van der Waals surface area contributed by atoms with Crippen LogP contribution in [0.4, 0.5) is 4.79 Å². The number of carboxylic acids is 1. The van der Waals surface area contributed by atoms with E-state index in [1.54, 1.807) is 12.1 Å². The second kappa shape index (κ2) is 10.8. The molecule has 0 bridgehead atoms. The molecule has 3 aromatic carbocycles. The molecule has 1 saturated heterocycles. The number of fused-ring (bicyclic) bond motifs is 3. The maximum absolute atomic E-state index is 12.9. The van der Waals surface area contributed by atoms with E-state index in [0.29, 0.717) is 16.1 Å². The van der Waals surface area contributed by atoms with E-state index in [2.05, 4.69) is 29.6 Å². The van der Waals surface area contributed by atoms with Crippen molar-refractivity contribution in [2.45, 2.75) is 44.8 Å². The summed E-state index contributed by atoms with van der Waals surface area (Å²) in [5.74, 6) is -1.17. The summed E-state index contributed by atoms with van der Waals surface area (Å²) in [5.41, 5.74) is 4.24. The van der Waals surface area contributed by atoms with Crippen molar-refractivity contribution in [2.24, 2.45) is 0 Å². The van der Waals surface area contributed by atoms with E-state index in [1.165, 1.54) is 12.1 Å². The Kier molecular flexibility index (Phi) is 7.53. The molecule has 1 aliphatic heterocycles. The van der Waals surface area contributed by atoms with Gasteiger partial charge in [0.05, 0.1) is 16.8 Å². The second-order valence-electron chi connectivity index (χ2n) is 11.0. The highest BCUT2D eigenvalue weighted by molar-refractivity contribution is 6.56. The fourth-order valence-electron chi connectivity index (χ4n) is 5.07. The summed E-state index contributed by atoms with van der Waals surface area (Å²) in [6.07, 6.45) is 1.04. The van der Waals surface area contributed by atoms with Crippen molar-refractivity contribution in [3.8, 4) is 11.1 Å². The first-order valence-corrected chi connectivity index (χ1v) is 13.5. The zero-order valence-electron chi connectivity index (χ0n) is 22.9. The summed E-state index contributed by atoms with van der Waals surface area (Å²) >= 11 is 6.18. The highest BCUT2D eigenvalue weighted by Crippen LogP contribution is 2.44. The van der Waals surface area contributed by atoms with Gasteiger partial charge in [-0.3, -0.25) is 0 Å². The van der Waals surface area contributed by atoms with Gasteiger partial charge < -0.3 is 24.5 Å². The molecular formula is C31H31BClNO6. The van der Waals surface area contributed by atoms with Gasteiger partial charge in [-0.2, -0.15) is 0 Å². The Morgan fingerprint density at radius 2 is 1.55 bits per heavy atom. The van der Waals surface area contributed by atoms with Crippen LogP contribution in [0.2, 0.25) is 5.02 Å². The fraction of sp³-hybridized carbons (Fsp3) is 0.290. The van der Waals surface area contributed by atoms with E-state index in [4.69, 9.17) is 25.6 Å². The number of hydrogen-bond donors (Lipinski definition) is 2. The first-order chi connectivity index (χ1) is 19.0. The third-order valence-electron chi connectivity index (χ3n) is 7.92. The highest BCUT2D eigenvalue weighted by atomic mass is 35.5. The molecule has 7 nitrogen and oxygen atoms in total. The number of amides is 1. The van der Waals surface area contributed by atoms with Crippen LogP contribution >= 0.6 is 11.6 Å². The van der Waals surface area contributed by atoms with Crippen LogP contribution in [0.15, 0.2) is 72.2 Å². The zero-order valence-corrected chi connectivity index (χ0v) is 23.6. The molecule has 2 N–H and O–H groups in total. The molecule has 3 aromatic rings. The van der Waals surface area contributed by atoms with Crippen LogP contribution in [0.3, 0.4) is 0 Å². The molecule has 1 heterocycles. The molecule has 0 unspecified atom stereocenters. The lowest BCUT2D eigenvalue weighted by Gasteiger charge is -2.32. The number of hydrogen-bond acceptors (Lipinski definition) is 5. The third-order valence-corrected chi connectivity index (χ3v) is 8.16. The van der Waals surface area contributed by atoms with Crippen LogP contribution in [0, 0.1) is 0 Å². The van der Waals surface area contributed by atoms with Crippen LogP contribution in [-0.4, -0.2) is 48.6 Å². The number of nitrogens with one attached hydrogen (secondary N) is 1. The lowest BCUT2D eigenvalue weighted by atomic mass is 9.76. The summed E-state index contributed by atoms with van der Waals surface area (Å²) in [4.78, 5) is 24.8. The largest absolute Gasteiger partial charge is 0.492 e. The molecule has 9 heteroatoms. The van der Waals surface area contributed by atoms with Gasteiger partial charge in [0.1, 0.15) is 6.61 Å². The molecule has 0 atom stereocenters. The van der Waals surface area contributed by atoms with Crippen molar-refractivity contribution in [1.29, 1.82) is 0 Å². The number of ether oxygens (including phenoxy) is 1. The average Bonchev–Trinajstić information content (AvgIpc) is 3.34. The third kappa shape index (κ3) is 5.39. The van der Waals surface area contributed by atoms with Gasteiger partial charge in [-0.05, 0) is 79.2 Å². The van der Waals surface area contributed by atoms with Crippen LogP contribution in [0.1, 0.15) is 60.7 Å². The van der Waals surface area contributed by atoms with Gasteiger partial charge in [-0.1, -0.05) is 66.2 Å². The van der Waals surface area contributed by atoms with Gasteiger partial charge in [0.15, 0.2) is 0 Å². The normalized spacial score (nSPS) is 17.3. The van der Waals surface area contributed by atoms with Gasteiger partial charge in [-0.15, -0.1) is 0 Å². The monoisotopic (exact) mass is 559 g/mol. The number of aromatic carboxylic acids is 1. The Morgan fingerprint density at radius 1 is 0.975 bits per heavy atom. The van der Waals surface area contributed by atoms with Crippen molar-refractivity contribution < 1.29 is 28.7 Å². The first kappa shape index (κ1) is 28.0. The maximum Gasteiger partial charge on any atom is 0.492 e. The lowest BCUT2D eigenvalue weighted by molar-refractivity contribution is 0.00578. The number of rotatable bonds is 7. The van der Waals surface area contributed by atoms with Crippen LogP contribution < -0.4 is 5.32 Å². The standard InChI is InChI=1S/C31H31BClNO6/c1-30(2)31(3,4)40-32(39-30)20(15-19-16-21(33)13-14-22(19)28(35)36)17-34-29(37)38-18-27-25-11-7-5-9-23(25)24-10-6-8-12-26(24)27/h5-16,27H,17-18H2,1-4H3,(H,34,37)(H,35,36). The number of carbonyl (C=O) groups excluding carboxylic acids is 1. The van der Waals surface area contributed by atoms with Gasteiger partial charge in [0, 0.05) is 17.5 Å². The first-order valence-electron chi connectivity index (χ1n) is 13.1. The number of alkyl carbamates (subject to hydrolysis) is 1. The second-order valence-corrected chi connectivity index (χ2v) is 11.5. The maximum atomic E-state index is 12.9. The van der Waals surface area contributed by atoms with E-state index in [-0.39, 0.29) is 24.6 Å². The smallest absolute Gasteiger partial charge is 0.478 e. The average molecular weight is 560 g/mol. The Labute approximate surface area is 239 Å². The number of carbonyl (C=O) groups is 2. The van der Waals surface area contributed by atoms with Crippen LogP contribution in [0.5, 0.6) is 0 Å². The van der Waals surface area contributed by atoms with Crippen LogP contribution in [-0.2, 0) is 14.0 Å².